The molecule has 9 nitrogen and oxygen atoms in total. The Hall–Kier alpha value is -3.64. The molecule has 2 fully saturated rings. The average molecular weight is 461 g/mol. The number of hydrogen-bond donors (Lipinski definition) is 2. The zero-order valence-electron chi connectivity index (χ0n) is 19.0. The van der Waals surface area contributed by atoms with Crippen LogP contribution in [-0.4, -0.2) is 69.0 Å². The number of amides is 3. The molecule has 0 saturated carbocycles. The highest BCUT2D eigenvalue weighted by atomic mass is 16.2. The second kappa shape index (κ2) is 9.31. The van der Waals surface area contributed by atoms with Gasteiger partial charge in [-0.05, 0) is 31.4 Å². The van der Waals surface area contributed by atoms with Crippen LogP contribution in [0, 0.1) is 12.3 Å². The number of nitrogens with one attached hydrogen (secondary N) is 2. The second-order valence-electron chi connectivity index (χ2n) is 9.13. The van der Waals surface area contributed by atoms with E-state index in [0.717, 1.165) is 55.8 Å². The molecular formula is C25H28N6O3. The Bertz CT molecular complexity index is 1160. The largest absolute Gasteiger partial charge is 0.382 e. The van der Waals surface area contributed by atoms with Gasteiger partial charge in [0.25, 0.3) is 5.91 Å². The number of piperidine rings is 2. The van der Waals surface area contributed by atoms with E-state index in [1.165, 1.54) is 0 Å². The van der Waals surface area contributed by atoms with E-state index in [9.17, 15) is 14.4 Å². The molecule has 3 amide bonds. The number of aromatic nitrogens is 2. The Balaban J connectivity index is 1.17. The molecular weight excluding hydrogens is 432 g/mol. The highest BCUT2D eigenvalue weighted by molar-refractivity contribution is 6.06. The van der Waals surface area contributed by atoms with Gasteiger partial charge < -0.3 is 15.1 Å². The van der Waals surface area contributed by atoms with Crippen molar-refractivity contribution in [3.8, 4) is 12.3 Å². The highest BCUT2D eigenvalue weighted by Crippen LogP contribution is 2.33. The number of nitrogens with zero attached hydrogens (tertiary/aromatic N) is 4. The van der Waals surface area contributed by atoms with Crippen molar-refractivity contribution in [3.05, 3.63) is 47.3 Å². The van der Waals surface area contributed by atoms with E-state index in [4.69, 9.17) is 6.42 Å². The predicted octanol–water partition coefficient (Wildman–Crippen LogP) is 1.20. The number of benzene rings is 1. The molecule has 0 radical (unpaired) electrons. The molecule has 176 valence electrons. The molecule has 0 spiro atoms. The molecule has 2 N–H and O–H groups in total. The third-order valence-electron chi connectivity index (χ3n) is 6.97. The fourth-order valence-corrected chi connectivity index (χ4v) is 5.05. The van der Waals surface area contributed by atoms with Crippen molar-refractivity contribution < 1.29 is 14.4 Å². The Morgan fingerprint density at radius 3 is 2.71 bits per heavy atom. The number of anilines is 1. The first-order valence-electron chi connectivity index (χ1n) is 11.8. The lowest BCUT2D eigenvalue weighted by molar-refractivity contribution is -0.136. The molecule has 2 aromatic rings. The second-order valence-corrected chi connectivity index (χ2v) is 9.13. The van der Waals surface area contributed by atoms with Gasteiger partial charge in [-0.2, -0.15) is 5.10 Å². The van der Waals surface area contributed by atoms with Gasteiger partial charge in [0.15, 0.2) is 0 Å². The summed E-state index contributed by atoms with van der Waals surface area (Å²) in [6.45, 7) is 4.08. The van der Waals surface area contributed by atoms with Crippen molar-refractivity contribution in [2.24, 2.45) is 0 Å². The van der Waals surface area contributed by atoms with Crippen LogP contribution in [0.3, 0.4) is 0 Å². The zero-order valence-corrected chi connectivity index (χ0v) is 19.0. The van der Waals surface area contributed by atoms with Crippen molar-refractivity contribution in [2.75, 3.05) is 25.0 Å². The van der Waals surface area contributed by atoms with Crippen LogP contribution in [-0.2, 0) is 22.7 Å². The molecule has 9 heteroatoms. The van der Waals surface area contributed by atoms with Gasteiger partial charge in [-0.3, -0.25) is 24.4 Å². The van der Waals surface area contributed by atoms with Crippen LogP contribution in [0.15, 0.2) is 30.6 Å². The van der Waals surface area contributed by atoms with Crippen LogP contribution in [0.5, 0.6) is 0 Å². The molecule has 4 heterocycles. The first-order valence-corrected chi connectivity index (χ1v) is 11.8. The van der Waals surface area contributed by atoms with Gasteiger partial charge in [-0.25, -0.2) is 0 Å². The number of carbonyl (C=O) groups is 3. The lowest BCUT2D eigenvalue weighted by Crippen LogP contribution is -2.52. The molecule has 1 aromatic heterocycles. The van der Waals surface area contributed by atoms with E-state index < -0.39 is 6.04 Å². The summed E-state index contributed by atoms with van der Waals surface area (Å²) in [6, 6.07) is 5.43. The topological polar surface area (TPSA) is 99.6 Å². The van der Waals surface area contributed by atoms with Gasteiger partial charge in [-0.1, -0.05) is 12.0 Å². The molecule has 5 rings (SSSR count). The van der Waals surface area contributed by atoms with E-state index in [1.54, 1.807) is 11.1 Å². The number of imide groups is 1. The minimum absolute atomic E-state index is 0.144. The first kappa shape index (κ1) is 22.2. The summed E-state index contributed by atoms with van der Waals surface area (Å²) in [7, 11) is 0. The quantitative estimate of drug-likeness (QED) is 0.497. The number of likely N-dealkylation sites (tertiary alicyclic amines) is 1. The average Bonchev–Trinajstić information content (AvgIpc) is 3.44. The van der Waals surface area contributed by atoms with Crippen molar-refractivity contribution in [2.45, 2.75) is 50.9 Å². The van der Waals surface area contributed by atoms with Crippen LogP contribution in [0.4, 0.5) is 5.69 Å². The summed E-state index contributed by atoms with van der Waals surface area (Å²) in [4.78, 5) is 40.9. The number of carbonyl (C=O) groups excluding carboxylic acids is 3. The molecule has 1 aromatic carbocycles. The van der Waals surface area contributed by atoms with Crippen LogP contribution < -0.4 is 10.6 Å². The van der Waals surface area contributed by atoms with Crippen molar-refractivity contribution in [3.63, 3.8) is 0 Å². The summed E-state index contributed by atoms with van der Waals surface area (Å²) >= 11 is 0. The predicted molar refractivity (Wildman–Crippen MR) is 126 cm³/mol. The standard InChI is InChI=1S/C25H28N6O3/c1-2-17-14-26-30(15-17)13-12-29-10-8-18(9-11-29)27-21-5-3-4-19-20(21)16-31(25(19)34)22-6-7-23(32)28-24(22)33/h1,3-5,14-15,18,22,27H,6-13,16H2,(H,28,32,33). The van der Waals surface area contributed by atoms with Crippen LogP contribution in [0.2, 0.25) is 0 Å². The molecule has 1 unspecified atom stereocenters. The molecule has 3 aliphatic heterocycles. The normalized spacial score (nSPS) is 21.3. The molecule has 34 heavy (non-hydrogen) atoms. The lowest BCUT2D eigenvalue weighted by Gasteiger charge is -2.33. The Kier molecular flexibility index (Phi) is 6.07. The van der Waals surface area contributed by atoms with Crippen LogP contribution in [0.25, 0.3) is 0 Å². The Morgan fingerprint density at radius 2 is 1.97 bits per heavy atom. The molecule has 1 atom stereocenters. The van der Waals surface area contributed by atoms with Gasteiger partial charge in [0.2, 0.25) is 11.8 Å². The third kappa shape index (κ3) is 4.41. The molecule has 0 bridgehead atoms. The van der Waals surface area contributed by atoms with E-state index in [-0.39, 0.29) is 24.1 Å². The molecule has 2 saturated heterocycles. The number of rotatable bonds is 6. The summed E-state index contributed by atoms with van der Waals surface area (Å²) < 4.78 is 1.89. The number of fused-ring (bicyclic) bond motifs is 1. The molecule has 3 aliphatic rings. The van der Waals surface area contributed by atoms with Gasteiger partial charge in [0, 0.05) is 61.7 Å². The van der Waals surface area contributed by atoms with Crippen LogP contribution >= 0.6 is 0 Å². The van der Waals surface area contributed by atoms with Crippen molar-refractivity contribution in [1.82, 2.24) is 24.9 Å². The van der Waals surface area contributed by atoms with E-state index in [0.29, 0.717) is 24.6 Å². The van der Waals surface area contributed by atoms with Crippen LogP contribution in [0.1, 0.15) is 47.2 Å². The summed E-state index contributed by atoms with van der Waals surface area (Å²) in [6.07, 6.45) is 11.6. The summed E-state index contributed by atoms with van der Waals surface area (Å²) in [5, 5.41) is 10.3. The highest BCUT2D eigenvalue weighted by Gasteiger charge is 2.40. The number of terminal acetylenes is 1. The summed E-state index contributed by atoms with van der Waals surface area (Å²) in [5.74, 6) is 1.79. The fraction of sp³-hybridized carbons (Fsp3) is 0.440. The summed E-state index contributed by atoms with van der Waals surface area (Å²) in [5.41, 5.74) is 3.32. The maximum Gasteiger partial charge on any atom is 0.255 e. The third-order valence-corrected chi connectivity index (χ3v) is 6.97. The minimum Gasteiger partial charge on any atom is -0.382 e. The van der Waals surface area contributed by atoms with Crippen molar-refractivity contribution in [1.29, 1.82) is 0 Å². The van der Waals surface area contributed by atoms with Gasteiger partial charge in [0.1, 0.15) is 6.04 Å². The maximum atomic E-state index is 13.0. The first-order chi connectivity index (χ1) is 16.5. The Labute approximate surface area is 198 Å². The van der Waals surface area contributed by atoms with E-state index in [1.807, 2.05) is 29.1 Å². The smallest absolute Gasteiger partial charge is 0.255 e. The van der Waals surface area contributed by atoms with Gasteiger partial charge in [0.05, 0.1) is 18.3 Å². The molecule has 0 aliphatic carbocycles. The van der Waals surface area contributed by atoms with Crippen molar-refractivity contribution >= 4 is 23.4 Å². The number of hydrogen-bond acceptors (Lipinski definition) is 6. The maximum absolute atomic E-state index is 13.0. The Morgan fingerprint density at radius 1 is 1.15 bits per heavy atom. The minimum atomic E-state index is -0.597. The van der Waals surface area contributed by atoms with E-state index >= 15 is 0 Å². The fourth-order valence-electron chi connectivity index (χ4n) is 5.05. The van der Waals surface area contributed by atoms with Gasteiger partial charge in [-0.15, -0.1) is 6.42 Å². The van der Waals surface area contributed by atoms with Gasteiger partial charge >= 0.3 is 0 Å². The zero-order chi connectivity index (χ0) is 23.7. The monoisotopic (exact) mass is 460 g/mol. The lowest BCUT2D eigenvalue weighted by atomic mass is 10.0. The van der Waals surface area contributed by atoms with E-state index in [2.05, 4.69) is 26.6 Å². The SMILES string of the molecule is C#Cc1cnn(CCN2CCC(Nc3cccc4c3CN(C3CCC(=O)NC3=O)C4=O)CC2)c1.